The third-order valence-corrected chi connectivity index (χ3v) is 5.32. The lowest BCUT2D eigenvalue weighted by atomic mass is 10.0. The summed E-state index contributed by atoms with van der Waals surface area (Å²) in [5, 5.41) is 0. The number of ether oxygens (including phenoxy) is 3. The number of methoxy groups -OCH3 is 3. The van der Waals surface area contributed by atoms with Gasteiger partial charge >= 0.3 is 5.97 Å². The average molecular weight is 397 g/mol. The molecular formula is C18H20FNO6S. The molecule has 146 valence electrons. The van der Waals surface area contributed by atoms with E-state index in [0.29, 0.717) is 17.1 Å². The molecule has 9 heteroatoms. The minimum atomic E-state index is -4.01. The van der Waals surface area contributed by atoms with E-state index < -0.39 is 27.9 Å². The lowest BCUT2D eigenvalue weighted by molar-refractivity contribution is -0.141. The first kappa shape index (κ1) is 20.7. The molecule has 2 aromatic rings. The van der Waals surface area contributed by atoms with Crippen LogP contribution in [-0.2, 0) is 19.6 Å². The highest BCUT2D eigenvalue weighted by Crippen LogP contribution is 2.31. The van der Waals surface area contributed by atoms with Gasteiger partial charge in [0.05, 0.1) is 38.7 Å². The van der Waals surface area contributed by atoms with Gasteiger partial charge in [0, 0.05) is 0 Å². The summed E-state index contributed by atoms with van der Waals surface area (Å²) in [5.74, 6) is -0.318. The Bertz CT molecular complexity index is 899. The number of esters is 1. The van der Waals surface area contributed by atoms with Crippen LogP contribution < -0.4 is 14.2 Å². The molecule has 0 amide bonds. The number of sulfonamides is 1. The van der Waals surface area contributed by atoms with Gasteiger partial charge in [-0.3, -0.25) is 4.79 Å². The molecule has 2 rings (SSSR count). The Hall–Kier alpha value is -2.65. The van der Waals surface area contributed by atoms with Gasteiger partial charge in [-0.15, -0.1) is 0 Å². The van der Waals surface area contributed by atoms with Gasteiger partial charge in [-0.05, 0) is 42.0 Å². The van der Waals surface area contributed by atoms with Crippen molar-refractivity contribution in [2.75, 3.05) is 21.3 Å². The van der Waals surface area contributed by atoms with Crippen LogP contribution in [0.15, 0.2) is 47.4 Å². The predicted molar refractivity (Wildman–Crippen MR) is 95.6 cm³/mol. The van der Waals surface area contributed by atoms with Gasteiger partial charge in [-0.1, -0.05) is 6.07 Å². The fraction of sp³-hybridized carbons (Fsp3) is 0.278. The van der Waals surface area contributed by atoms with E-state index in [9.17, 15) is 17.6 Å². The lowest BCUT2D eigenvalue weighted by Gasteiger charge is -2.19. The van der Waals surface area contributed by atoms with Crippen LogP contribution in [0.4, 0.5) is 4.39 Å². The van der Waals surface area contributed by atoms with Gasteiger partial charge in [0.1, 0.15) is 5.82 Å². The van der Waals surface area contributed by atoms with Gasteiger partial charge in [-0.2, -0.15) is 0 Å². The molecule has 0 heterocycles. The molecule has 0 saturated heterocycles. The van der Waals surface area contributed by atoms with E-state index in [2.05, 4.69) is 9.46 Å². The van der Waals surface area contributed by atoms with Gasteiger partial charge in [0.25, 0.3) is 0 Å². The Kier molecular flexibility index (Phi) is 6.75. The van der Waals surface area contributed by atoms with E-state index in [-0.39, 0.29) is 11.3 Å². The molecule has 7 nitrogen and oxygen atoms in total. The predicted octanol–water partition coefficient (Wildman–Crippen LogP) is 2.43. The van der Waals surface area contributed by atoms with Crippen LogP contribution >= 0.6 is 0 Å². The zero-order chi connectivity index (χ0) is 20.0. The SMILES string of the molecule is COC(=O)C[C@H](NS(=O)(=O)c1ccc(F)cc1)c1ccc(OC)c(OC)c1. The Labute approximate surface area is 157 Å². The fourth-order valence-corrected chi connectivity index (χ4v) is 3.64. The number of rotatable bonds is 8. The molecule has 0 unspecified atom stereocenters. The van der Waals surface area contributed by atoms with Gasteiger partial charge in [0.15, 0.2) is 11.5 Å². The number of hydrogen-bond donors (Lipinski definition) is 1. The van der Waals surface area contributed by atoms with E-state index in [0.717, 1.165) is 24.3 Å². The molecule has 27 heavy (non-hydrogen) atoms. The molecule has 1 N–H and O–H groups in total. The Morgan fingerprint density at radius 2 is 1.67 bits per heavy atom. The highest BCUT2D eigenvalue weighted by Gasteiger charge is 2.25. The normalized spacial score (nSPS) is 12.3. The van der Waals surface area contributed by atoms with Gasteiger partial charge < -0.3 is 14.2 Å². The summed E-state index contributed by atoms with van der Waals surface area (Å²) in [6.45, 7) is 0. The molecule has 0 bridgehead atoms. The number of hydrogen-bond acceptors (Lipinski definition) is 6. The van der Waals surface area contributed by atoms with Crippen LogP contribution in [0, 0.1) is 5.82 Å². The Morgan fingerprint density at radius 1 is 1.04 bits per heavy atom. The first-order valence-electron chi connectivity index (χ1n) is 7.87. The number of nitrogens with one attached hydrogen (secondary N) is 1. The minimum absolute atomic E-state index is 0.126. The van der Waals surface area contributed by atoms with E-state index in [1.54, 1.807) is 18.2 Å². The van der Waals surface area contributed by atoms with Crippen LogP contribution in [0.5, 0.6) is 11.5 Å². The summed E-state index contributed by atoms with van der Waals surface area (Å²) in [6, 6.07) is 8.22. The van der Waals surface area contributed by atoms with Crippen molar-refractivity contribution in [1.82, 2.24) is 4.72 Å². The third kappa shape index (κ3) is 5.18. The maximum Gasteiger partial charge on any atom is 0.307 e. The van der Waals surface area contributed by atoms with Crippen molar-refractivity contribution in [3.63, 3.8) is 0 Å². The fourth-order valence-electron chi connectivity index (χ4n) is 2.42. The smallest absolute Gasteiger partial charge is 0.307 e. The molecule has 0 radical (unpaired) electrons. The second kappa shape index (κ2) is 8.83. The highest BCUT2D eigenvalue weighted by atomic mass is 32.2. The van der Waals surface area contributed by atoms with Crippen molar-refractivity contribution < 1.29 is 31.8 Å². The number of carbonyl (C=O) groups excluding carboxylic acids is 1. The molecule has 0 aliphatic rings. The molecule has 0 aliphatic heterocycles. The first-order valence-corrected chi connectivity index (χ1v) is 9.35. The Morgan fingerprint density at radius 3 is 2.22 bits per heavy atom. The van der Waals surface area contributed by atoms with Crippen molar-refractivity contribution in [2.45, 2.75) is 17.4 Å². The van der Waals surface area contributed by atoms with E-state index >= 15 is 0 Å². The molecule has 1 atom stereocenters. The standard InChI is InChI=1S/C18H20FNO6S/c1-24-16-9-4-12(10-17(16)25-2)15(11-18(21)26-3)20-27(22,23)14-7-5-13(19)6-8-14/h4-10,15,20H,11H2,1-3H3/t15-/m0/s1. The average Bonchev–Trinajstić information content (AvgIpc) is 2.66. The zero-order valence-corrected chi connectivity index (χ0v) is 15.9. The molecule has 0 spiro atoms. The summed E-state index contributed by atoms with van der Waals surface area (Å²) in [4.78, 5) is 11.7. The summed E-state index contributed by atoms with van der Waals surface area (Å²) < 4.78 is 55.8. The van der Waals surface area contributed by atoms with Crippen molar-refractivity contribution in [1.29, 1.82) is 0 Å². The topological polar surface area (TPSA) is 90.9 Å². The number of halogens is 1. The van der Waals surface area contributed by atoms with Gasteiger partial charge in [0.2, 0.25) is 10.0 Å². The quantitative estimate of drug-likeness (QED) is 0.688. The first-order chi connectivity index (χ1) is 12.8. The van der Waals surface area contributed by atoms with Crippen LogP contribution in [0.25, 0.3) is 0 Å². The van der Waals surface area contributed by atoms with Crippen LogP contribution in [0.2, 0.25) is 0 Å². The lowest BCUT2D eigenvalue weighted by Crippen LogP contribution is -2.30. The van der Waals surface area contributed by atoms with Crippen LogP contribution in [-0.4, -0.2) is 35.7 Å². The van der Waals surface area contributed by atoms with Gasteiger partial charge in [-0.25, -0.2) is 17.5 Å². The maximum atomic E-state index is 13.1. The zero-order valence-electron chi connectivity index (χ0n) is 15.1. The highest BCUT2D eigenvalue weighted by molar-refractivity contribution is 7.89. The van der Waals surface area contributed by atoms with Crippen LogP contribution in [0.1, 0.15) is 18.0 Å². The Balaban J connectivity index is 2.40. The number of carbonyl (C=O) groups is 1. The minimum Gasteiger partial charge on any atom is -0.493 e. The van der Waals surface area contributed by atoms with E-state index in [1.165, 1.54) is 21.3 Å². The summed E-state index contributed by atoms with van der Waals surface area (Å²) in [5.41, 5.74) is 0.476. The summed E-state index contributed by atoms with van der Waals surface area (Å²) in [6.07, 6.45) is -0.244. The second-order valence-corrected chi connectivity index (χ2v) is 7.24. The van der Waals surface area contributed by atoms with Crippen molar-refractivity contribution >= 4 is 16.0 Å². The second-order valence-electron chi connectivity index (χ2n) is 5.52. The van der Waals surface area contributed by atoms with E-state index in [1.807, 2.05) is 0 Å². The van der Waals surface area contributed by atoms with Crippen molar-refractivity contribution in [3.8, 4) is 11.5 Å². The summed E-state index contributed by atoms with van der Waals surface area (Å²) >= 11 is 0. The third-order valence-electron chi connectivity index (χ3n) is 3.83. The van der Waals surface area contributed by atoms with Crippen molar-refractivity contribution in [3.05, 3.63) is 53.8 Å². The molecular weight excluding hydrogens is 377 g/mol. The van der Waals surface area contributed by atoms with Crippen molar-refractivity contribution in [2.24, 2.45) is 0 Å². The molecule has 0 aliphatic carbocycles. The van der Waals surface area contributed by atoms with E-state index in [4.69, 9.17) is 9.47 Å². The monoisotopic (exact) mass is 397 g/mol. The largest absolute Gasteiger partial charge is 0.493 e. The molecule has 0 saturated carbocycles. The maximum absolute atomic E-state index is 13.1. The molecule has 0 aromatic heterocycles. The summed E-state index contributed by atoms with van der Waals surface area (Å²) in [7, 11) is 0.118. The van der Waals surface area contributed by atoms with Crippen LogP contribution in [0.3, 0.4) is 0 Å². The number of benzene rings is 2. The molecule has 2 aromatic carbocycles. The molecule has 0 fully saturated rings.